The van der Waals surface area contributed by atoms with Crippen LogP contribution in [0.2, 0.25) is 0 Å². The summed E-state index contributed by atoms with van der Waals surface area (Å²) >= 11 is 2.95. The van der Waals surface area contributed by atoms with Crippen LogP contribution < -0.4 is 5.56 Å². The third kappa shape index (κ3) is 2.43. The highest BCUT2D eigenvalue weighted by Crippen LogP contribution is 2.44. The van der Waals surface area contributed by atoms with Crippen molar-refractivity contribution >= 4 is 33.3 Å². The number of hydrogen-bond donors (Lipinski definition) is 1. The third-order valence-electron chi connectivity index (χ3n) is 3.34. The van der Waals surface area contributed by atoms with Crippen molar-refractivity contribution in [3.8, 4) is 0 Å². The molecule has 2 aromatic heterocycles. The molecule has 0 atom stereocenters. The maximum atomic E-state index is 12.7. The minimum atomic E-state index is 0.0264. The molecule has 1 saturated carbocycles. The number of aromatic nitrogens is 2. The molecule has 0 saturated heterocycles. The van der Waals surface area contributed by atoms with Gasteiger partial charge < -0.3 is 5.11 Å². The summed E-state index contributed by atoms with van der Waals surface area (Å²) in [6.07, 6.45) is 4.06. The van der Waals surface area contributed by atoms with E-state index in [2.05, 4.69) is 16.9 Å². The average molecular weight is 308 g/mol. The molecular formula is C14H16N2O2S2. The Hall–Kier alpha value is -1.11. The number of thiophene rings is 1. The molecular weight excluding hydrogens is 292 g/mol. The van der Waals surface area contributed by atoms with Crippen molar-refractivity contribution in [2.24, 2.45) is 0 Å². The van der Waals surface area contributed by atoms with E-state index in [1.54, 1.807) is 22.0 Å². The summed E-state index contributed by atoms with van der Waals surface area (Å²) in [5.74, 6) is 1.09. The smallest absolute Gasteiger partial charge is 0.263 e. The highest BCUT2D eigenvalue weighted by molar-refractivity contribution is 7.99. The van der Waals surface area contributed by atoms with Crippen LogP contribution in [0.5, 0.6) is 0 Å². The van der Waals surface area contributed by atoms with Crippen molar-refractivity contribution in [2.45, 2.75) is 30.5 Å². The number of thioether (sulfide) groups is 1. The zero-order valence-electron chi connectivity index (χ0n) is 11.0. The zero-order valence-corrected chi connectivity index (χ0v) is 12.7. The monoisotopic (exact) mass is 308 g/mol. The van der Waals surface area contributed by atoms with Gasteiger partial charge in [-0.15, -0.1) is 17.9 Å². The van der Waals surface area contributed by atoms with E-state index >= 15 is 0 Å². The Bertz CT molecular complexity index is 701. The van der Waals surface area contributed by atoms with E-state index in [4.69, 9.17) is 5.11 Å². The molecule has 2 heterocycles. The molecule has 20 heavy (non-hydrogen) atoms. The molecule has 1 aliphatic carbocycles. The van der Waals surface area contributed by atoms with Gasteiger partial charge in [-0.05, 0) is 29.7 Å². The van der Waals surface area contributed by atoms with Crippen molar-refractivity contribution in [1.82, 2.24) is 9.55 Å². The van der Waals surface area contributed by atoms with Crippen molar-refractivity contribution in [2.75, 3.05) is 12.4 Å². The summed E-state index contributed by atoms with van der Waals surface area (Å²) in [7, 11) is 0. The van der Waals surface area contributed by atoms with E-state index in [9.17, 15) is 4.79 Å². The van der Waals surface area contributed by atoms with Gasteiger partial charge in [-0.3, -0.25) is 9.36 Å². The Morgan fingerprint density at radius 1 is 1.60 bits per heavy atom. The molecule has 1 aliphatic rings. The van der Waals surface area contributed by atoms with Crippen LogP contribution in [0.3, 0.4) is 0 Å². The standard InChI is InChI=1S/C14H16N2O2S2/c1-2-5-16-13(18)11-10(9-3-4-9)8-20-12(11)15-14(16)19-7-6-17/h2,8-9,17H,1,3-7H2. The normalized spacial score (nSPS) is 14.8. The van der Waals surface area contributed by atoms with Gasteiger partial charge in [0.05, 0.1) is 12.0 Å². The van der Waals surface area contributed by atoms with Crippen LogP contribution in [0.4, 0.5) is 0 Å². The Morgan fingerprint density at radius 3 is 3.05 bits per heavy atom. The second kappa shape index (κ2) is 5.71. The zero-order chi connectivity index (χ0) is 14.1. The number of allylic oxidation sites excluding steroid dienone is 1. The molecule has 3 rings (SSSR count). The summed E-state index contributed by atoms with van der Waals surface area (Å²) in [5.41, 5.74) is 1.19. The molecule has 6 heteroatoms. The van der Waals surface area contributed by atoms with Crippen molar-refractivity contribution in [1.29, 1.82) is 0 Å². The molecule has 4 nitrogen and oxygen atoms in total. The minimum Gasteiger partial charge on any atom is -0.396 e. The lowest BCUT2D eigenvalue weighted by atomic mass is 10.1. The van der Waals surface area contributed by atoms with Gasteiger partial charge in [0.25, 0.3) is 5.56 Å². The first kappa shape index (κ1) is 13.9. The maximum absolute atomic E-state index is 12.7. The van der Waals surface area contributed by atoms with Crippen LogP contribution in [0.1, 0.15) is 24.3 Å². The minimum absolute atomic E-state index is 0.0264. The fourth-order valence-electron chi connectivity index (χ4n) is 2.26. The molecule has 0 aromatic carbocycles. The fourth-order valence-corrected chi connectivity index (χ4v) is 4.07. The third-order valence-corrected chi connectivity index (χ3v) is 5.19. The second-order valence-electron chi connectivity index (χ2n) is 4.82. The molecule has 1 N–H and O–H groups in total. The van der Waals surface area contributed by atoms with E-state index < -0.39 is 0 Å². The lowest BCUT2D eigenvalue weighted by molar-refractivity contribution is 0.322. The van der Waals surface area contributed by atoms with E-state index in [1.165, 1.54) is 30.2 Å². The van der Waals surface area contributed by atoms with Gasteiger partial charge in [-0.25, -0.2) is 4.98 Å². The predicted molar refractivity (Wildman–Crippen MR) is 83.9 cm³/mol. The number of fused-ring (bicyclic) bond motifs is 1. The maximum Gasteiger partial charge on any atom is 0.263 e. The SMILES string of the molecule is C=CCn1c(SCCO)nc2scc(C3CC3)c2c1=O. The molecule has 0 aliphatic heterocycles. The van der Waals surface area contributed by atoms with Crippen LogP contribution in [0, 0.1) is 0 Å². The van der Waals surface area contributed by atoms with Gasteiger partial charge in [0, 0.05) is 12.3 Å². The number of aliphatic hydroxyl groups excluding tert-OH is 1. The van der Waals surface area contributed by atoms with Crippen molar-refractivity contribution < 1.29 is 5.11 Å². The summed E-state index contributed by atoms with van der Waals surface area (Å²) in [4.78, 5) is 18.1. The number of aliphatic hydroxyl groups is 1. The van der Waals surface area contributed by atoms with Gasteiger partial charge in [0.2, 0.25) is 0 Å². The lowest BCUT2D eigenvalue weighted by Gasteiger charge is -2.09. The summed E-state index contributed by atoms with van der Waals surface area (Å²) < 4.78 is 1.66. The first-order valence-corrected chi connectivity index (χ1v) is 8.49. The van der Waals surface area contributed by atoms with Crippen LogP contribution in [-0.4, -0.2) is 27.0 Å². The van der Waals surface area contributed by atoms with E-state index in [0.29, 0.717) is 23.4 Å². The van der Waals surface area contributed by atoms with E-state index in [0.717, 1.165) is 10.2 Å². The Balaban J connectivity index is 2.16. The molecule has 1 fully saturated rings. The molecule has 0 unspecified atom stereocenters. The number of hydrogen-bond acceptors (Lipinski definition) is 5. The summed E-state index contributed by atoms with van der Waals surface area (Å²) in [5, 5.41) is 12.5. The Labute approximate surface area is 125 Å². The van der Waals surface area contributed by atoms with Crippen LogP contribution in [0.15, 0.2) is 28.0 Å². The molecule has 0 radical (unpaired) electrons. The molecule has 106 valence electrons. The summed E-state index contributed by atoms with van der Waals surface area (Å²) in [6, 6.07) is 0. The van der Waals surface area contributed by atoms with Gasteiger partial charge in [-0.1, -0.05) is 17.8 Å². The molecule has 2 aromatic rings. The molecule has 0 spiro atoms. The van der Waals surface area contributed by atoms with Crippen LogP contribution >= 0.6 is 23.1 Å². The van der Waals surface area contributed by atoms with Crippen LogP contribution in [0.25, 0.3) is 10.2 Å². The van der Waals surface area contributed by atoms with Gasteiger partial charge in [0.15, 0.2) is 5.16 Å². The fraction of sp³-hybridized carbons (Fsp3) is 0.429. The molecule has 0 bridgehead atoms. The highest BCUT2D eigenvalue weighted by Gasteiger charge is 2.28. The largest absolute Gasteiger partial charge is 0.396 e. The van der Waals surface area contributed by atoms with Crippen LogP contribution in [-0.2, 0) is 6.54 Å². The quantitative estimate of drug-likeness (QED) is 0.506. The lowest BCUT2D eigenvalue weighted by Crippen LogP contribution is -2.23. The van der Waals surface area contributed by atoms with Gasteiger partial charge >= 0.3 is 0 Å². The first-order chi connectivity index (χ1) is 9.76. The van der Waals surface area contributed by atoms with Crippen molar-refractivity contribution in [3.05, 3.63) is 34.0 Å². The average Bonchev–Trinajstić information content (AvgIpc) is 3.20. The Kier molecular flexibility index (Phi) is 3.96. The predicted octanol–water partition coefficient (Wildman–Crippen LogP) is 2.61. The number of nitrogens with zero attached hydrogens (tertiary/aromatic N) is 2. The highest BCUT2D eigenvalue weighted by atomic mass is 32.2. The molecule has 0 amide bonds. The topological polar surface area (TPSA) is 55.1 Å². The first-order valence-electron chi connectivity index (χ1n) is 6.62. The summed E-state index contributed by atoms with van der Waals surface area (Å²) in [6.45, 7) is 4.24. The van der Waals surface area contributed by atoms with E-state index in [1.807, 2.05) is 0 Å². The Morgan fingerprint density at radius 2 is 2.40 bits per heavy atom. The number of rotatable bonds is 6. The van der Waals surface area contributed by atoms with Gasteiger partial charge in [-0.2, -0.15) is 0 Å². The van der Waals surface area contributed by atoms with Gasteiger partial charge in [0.1, 0.15) is 4.83 Å². The van der Waals surface area contributed by atoms with E-state index in [-0.39, 0.29) is 12.2 Å². The second-order valence-corrected chi connectivity index (χ2v) is 6.74. The van der Waals surface area contributed by atoms with Crippen molar-refractivity contribution in [3.63, 3.8) is 0 Å².